The summed E-state index contributed by atoms with van der Waals surface area (Å²) in [7, 11) is 1.70. The lowest BCUT2D eigenvalue weighted by molar-refractivity contribution is 0.628. The van der Waals surface area contributed by atoms with Gasteiger partial charge in [-0.2, -0.15) is 0 Å². The maximum atomic E-state index is 12.9. The molecule has 0 spiro atoms. The Balaban J connectivity index is 2.87. The molecule has 0 aliphatic carbocycles. The molecule has 62 valence electrons. The first-order valence-corrected chi connectivity index (χ1v) is 3.71. The van der Waals surface area contributed by atoms with Crippen LogP contribution >= 0.6 is 11.6 Å². The molecule has 12 heavy (non-hydrogen) atoms. The zero-order chi connectivity index (χ0) is 8.72. The van der Waals surface area contributed by atoms with Crippen LogP contribution in [0.5, 0.6) is 0 Å². The van der Waals surface area contributed by atoms with Gasteiger partial charge in [-0.3, -0.25) is 0 Å². The van der Waals surface area contributed by atoms with E-state index >= 15 is 0 Å². The molecule has 0 saturated carbocycles. The molecule has 3 nitrogen and oxygen atoms in total. The van der Waals surface area contributed by atoms with Crippen LogP contribution < -0.4 is 0 Å². The molecule has 1 heterocycles. The van der Waals surface area contributed by atoms with Gasteiger partial charge in [-0.15, -0.1) is 5.10 Å². The molecular formula is C7H5ClFN3. The van der Waals surface area contributed by atoms with Gasteiger partial charge in [-0.25, -0.2) is 9.07 Å². The molecule has 1 aromatic heterocycles. The maximum Gasteiger partial charge on any atom is 0.144 e. The van der Waals surface area contributed by atoms with Gasteiger partial charge in [-0.05, 0) is 6.07 Å². The number of hydrogen-bond acceptors (Lipinski definition) is 2. The second-order valence-electron chi connectivity index (χ2n) is 2.47. The Labute approximate surface area is 72.7 Å². The van der Waals surface area contributed by atoms with Gasteiger partial charge in [0.05, 0.1) is 10.5 Å². The first kappa shape index (κ1) is 7.49. The molecule has 0 N–H and O–H groups in total. The normalized spacial score (nSPS) is 10.9. The van der Waals surface area contributed by atoms with Gasteiger partial charge >= 0.3 is 0 Å². The zero-order valence-electron chi connectivity index (χ0n) is 6.25. The van der Waals surface area contributed by atoms with Gasteiger partial charge in [-0.1, -0.05) is 16.8 Å². The molecule has 0 aliphatic heterocycles. The summed E-state index contributed by atoms with van der Waals surface area (Å²) < 4.78 is 14.4. The summed E-state index contributed by atoms with van der Waals surface area (Å²) in [6.07, 6.45) is 0. The molecule has 0 saturated heterocycles. The summed E-state index contributed by atoms with van der Waals surface area (Å²) in [6, 6.07) is 2.77. The van der Waals surface area contributed by atoms with Crippen LogP contribution in [0.15, 0.2) is 12.1 Å². The van der Waals surface area contributed by atoms with E-state index in [-0.39, 0.29) is 5.02 Å². The lowest BCUT2D eigenvalue weighted by Crippen LogP contribution is -1.89. The van der Waals surface area contributed by atoms with Crippen LogP contribution in [0.2, 0.25) is 5.02 Å². The van der Waals surface area contributed by atoms with E-state index in [2.05, 4.69) is 10.3 Å². The average Bonchev–Trinajstić information content (AvgIpc) is 2.35. The topological polar surface area (TPSA) is 30.7 Å². The molecule has 0 bridgehead atoms. The third kappa shape index (κ3) is 0.956. The van der Waals surface area contributed by atoms with E-state index in [9.17, 15) is 4.39 Å². The maximum absolute atomic E-state index is 12.9. The summed E-state index contributed by atoms with van der Waals surface area (Å²) in [5, 5.41) is 7.57. The number of aromatic nitrogens is 3. The van der Waals surface area contributed by atoms with Crippen molar-refractivity contribution >= 4 is 22.6 Å². The molecule has 0 unspecified atom stereocenters. The summed E-state index contributed by atoms with van der Waals surface area (Å²) >= 11 is 5.54. The number of benzene rings is 1. The van der Waals surface area contributed by atoms with Crippen molar-refractivity contribution < 1.29 is 4.39 Å². The van der Waals surface area contributed by atoms with E-state index in [0.717, 1.165) is 0 Å². The number of rotatable bonds is 0. The smallest absolute Gasteiger partial charge is 0.144 e. The Kier molecular flexibility index (Phi) is 1.51. The second-order valence-corrected chi connectivity index (χ2v) is 2.88. The number of hydrogen-bond donors (Lipinski definition) is 0. The van der Waals surface area contributed by atoms with Gasteiger partial charge in [0.1, 0.15) is 11.3 Å². The minimum absolute atomic E-state index is 0.0722. The molecule has 0 radical (unpaired) electrons. The van der Waals surface area contributed by atoms with Crippen molar-refractivity contribution in [1.29, 1.82) is 0 Å². The Morgan fingerprint density at radius 2 is 2.25 bits per heavy atom. The Hall–Kier alpha value is -1.16. The van der Waals surface area contributed by atoms with Gasteiger partial charge < -0.3 is 0 Å². The van der Waals surface area contributed by atoms with Crippen LogP contribution in [0.4, 0.5) is 4.39 Å². The Bertz CT molecular complexity index is 437. The van der Waals surface area contributed by atoms with E-state index in [1.165, 1.54) is 16.8 Å². The quantitative estimate of drug-likeness (QED) is 0.626. The van der Waals surface area contributed by atoms with E-state index in [0.29, 0.717) is 11.0 Å². The molecule has 5 heteroatoms. The van der Waals surface area contributed by atoms with E-state index in [1.807, 2.05) is 0 Å². The average molecular weight is 186 g/mol. The lowest BCUT2D eigenvalue weighted by atomic mass is 10.3. The second kappa shape index (κ2) is 2.42. The van der Waals surface area contributed by atoms with Gasteiger partial charge in [0.25, 0.3) is 0 Å². The summed E-state index contributed by atoms with van der Waals surface area (Å²) in [4.78, 5) is 0. The van der Waals surface area contributed by atoms with E-state index in [4.69, 9.17) is 11.6 Å². The van der Waals surface area contributed by atoms with Crippen molar-refractivity contribution in [1.82, 2.24) is 15.0 Å². The molecular weight excluding hydrogens is 181 g/mol. The van der Waals surface area contributed by atoms with Gasteiger partial charge in [0.15, 0.2) is 0 Å². The molecule has 0 fully saturated rings. The van der Waals surface area contributed by atoms with Crippen molar-refractivity contribution in [2.24, 2.45) is 7.05 Å². The van der Waals surface area contributed by atoms with E-state index < -0.39 is 5.82 Å². The highest BCUT2D eigenvalue weighted by Gasteiger charge is 2.06. The first-order chi connectivity index (χ1) is 5.68. The van der Waals surface area contributed by atoms with Crippen molar-refractivity contribution in [3.63, 3.8) is 0 Å². The molecule has 0 aliphatic rings. The number of aryl methyl sites for hydroxylation is 1. The lowest BCUT2D eigenvalue weighted by Gasteiger charge is -1.93. The SMILES string of the molecule is Cn1nnc2cc(Cl)c(F)cc21. The standard InChI is InChI=1S/C7H5ClFN3/c1-12-7-3-5(9)4(8)2-6(7)10-11-12/h2-3H,1H3. The van der Waals surface area contributed by atoms with Crippen molar-refractivity contribution in [2.75, 3.05) is 0 Å². The van der Waals surface area contributed by atoms with Crippen LogP contribution in [0.25, 0.3) is 11.0 Å². The van der Waals surface area contributed by atoms with Crippen LogP contribution in [0.3, 0.4) is 0 Å². The summed E-state index contributed by atoms with van der Waals surface area (Å²) in [6.45, 7) is 0. The molecule has 2 aromatic rings. The van der Waals surface area contributed by atoms with Gasteiger partial charge in [0, 0.05) is 13.1 Å². The fraction of sp³-hybridized carbons (Fsp3) is 0.143. The fourth-order valence-corrected chi connectivity index (χ4v) is 1.19. The molecule has 1 aromatic carbocycles. The van der Waals surface area contributed by atoms with Crippen LogP contribution in [0, 0.1) is 5.82 Å². The third-order valence-electron chi connectivity index (χ3n) is 1.65. The summed E-state index contributed by atoms with van der Waals surface area (Å²) in [5.74, 6) is -0.449. The van der Waals surface area contributed by atoms with Gasteiger partial charge in [0.2, 0.25) is 0 Å². The highest BCUT2D eigenvalue weighted by molar-refractivity contribution is 6.31. The number of fused-ring (bicyclic) bond motifs is 1. The van der Waals surface area contributed by atoms with Crippen LogP contribution in [0.1, 0.15) is 0 Å². The minimum atomic E-state index is -0.449. The van der Waals surface area contributed by atoms with E-state index in [1.54, 1.807) is 7.05 Å². The number of halogens is 2. The zero-order valence-corrected chi connectivity index (χ0v) is 7.01. The van der Waals surface area contributed by atoms with Crippen molar-refractivity contribution in [2.45, 2.75) is 0 Å². The predicted octanol–water partition coefficient (Wildman–Crippen LogP) is 1.76. The molecule has 2 rings (SSSR count). The fourth-order valence-electron chi connectivity index (χ4n) is 1.03. The first-order valence-electron chi connectivity index (χ1n) is 3.33. The largest absolute Gasteiger partial charge is 0.248 e. The monoisotopic (exact) mass is 185 g/mol. The Morgan fingerprint density at radius 1 is 1.50 bits per heavy atom. The van der Waals surface area contributed by atoms with Crippen LogP contribution in [-0.2, 0) is 7.05 Å². The predicted molar refractivity (Wildman–Crippen MR) is 43.5 cm³/mol. The Morgan fingerprint density at radius 3 is 3.00 bits per heavy atom. The van der Waals surface area contributed by atoms with Crippen molar-refractivity contribution in [3.05, 3.63) is 23.0 Å². The minimum Gasteiger partial charge on any atom is -0.248 e. The number of nitrogens with zero attached hydrogens (tertiary/aromatic N) is 3. The molecule has 0 amide bonds. The molecule has 0 atom stereocenters. The highest BCUT2D eigenvalue weighted by atomic mass is 35.5. The van der Waals surface area contributed by atoms with Crippen molar-refractivity contribution in [3.8, 4) is 0 Å². The summed E-state index contributed by atoms with van der Waals surface area (Å²) in [5.41, 5.74) is 1.24. The van der Waals surface area contributed by atoms with Crippen LogP contribution in [-0.4, -0.2) is 15.0 Å². The highest BCUT2D eigenvalue weighted by Crippen LogP contribution is 2.20. The third-order valence-corrected chi connectivity index (χ3v) is 1.94.